The summed E-state index contributed by atoms with van der Waals surface area (Å²) in [5, 5.41) is 3.04. The number of carbonyl (C=O) groups excluding carboxylic acids is 3. The molecule has 2 bridgehead atoms. The molecule has 4 amide bonds. The van der Waals surface area contributed by atoms with E-state index >= 15 is 0 Å². The second-order valence-electron chi connectivity index (χ2n) is 9.30. The summed E-state index contributed by atoms with van der Waals surface area (Å²) in [4.78, 5) is 43.8. The molecule has 1 aromatic heterocycles. The van der Waals surface area contributed by atoms with Crippen molar-refractivity contribution in [3.63, 3.8) is 0 Å². The third-order valence-electron chi connectivity index (χ3n) is 7.33. The van der Waals surface area contributed by atoms with E-state index in [2.05, 4.69) is 10.2 Å². The fourth-order valence-corrected chi connectivity index (χ4v) is 5.84. The van der Waals surface area contributed by atoms with Crippen LogP contribution < -0.4 is 5.32 Å². The van der Waals surface area contributed by atoms with E-state index in [1.807, 2.05) is 9.80 Å². The standard InChI is InChI=1S/C22H30N4O4/c27-20-3-1-2-19-17-10-15(12-26(19)20)11-25(13-17)22(29)24-7-4-18(5-8-24)23-21(28)16-6-9-30-14-16/h6,9,14-15,17-19H,1-5,7-8,10-13H2,(H,23,28)/t15-,17-,19-/m1/s1. The maximum Gasteiger partial charge on any atom is 0.320 e. The van der Waals surface area contributed by atoms with Crippen LogP contribution in [0.1, 0.15) is 48.9 Å². The average Bonchev–Trinajstić information content (AvgIpc) is 3.30. The van der Waals surface area contributed by atoms with Gasteiger partial charge in [-0.05, 0) is 50.0 Å². The minimum Gasteiger partial charge on any atom is -0.472 e. The highest BCUT2D eigenvalue weighted by atomic mass is 16.3. The summed E-state index contributed by atoms with van der Waals surface area (Å²) in [6, 6.07) is 2.18. The summed E-state index contributed by atoms with van der Waals surface area (Å²) >= 11 is 0. The number of hydrogen-bond acceptors (Lipinski definition) is 4. The molecule has 30 heavy (non-hydrogen) atoms. The van der Waals surface area contributed by atoms with Crippen molar-refractivity contribution >= 4 is 17.8 Å². The van der Waals surface area contributed by atoms with Crippen molar-refractivity contribution in [3.8, 4) is 0 Å². The molecule has 0 aliphatic carbocycles. The van der Waals surface area contributed by atoms with Crippen LogP contribution in [0, 0.1) is 11.8 Å². The Morgan fingerprint density at radius 2 is 1.90 bits per heavy atom. The number of hydrogen-bond donors (Lipinski definition) is 1. The molecule has 4 aliphatic rings. The van der Waals surface area contributed by atoms with E-state index in [4.69, 9.17) is 4.42 Å². The van der Waals surface area contributed by atoms with Gasteiger partial charge in [-0.1, -0.05) is 0 Å². The van der Waals surface area contributed by atoms with Gasteiger partial charge in [-0.2, -0.15) is 0 Å². The Balaban J connectivity index is 1.15. The van der Waals surface area contributed by atoms with Gasteiger partial charge in [0, 0.05) is 51.2 Å². The van der Waals surface area contributed by atoms with Gasteiger partial charge in [0.1, 0.15) is 6.26 Å². The minimum atomic E-state index is -0.121. The second kappa shape index (κ2) is 7.96. The largest absolute Gasteiger partial charge is 0.472 e. The number of piperidine rings is 4. The molecule has 1 aromatic rings. The van der Waals surface area contributed by atoms with E-state index in [1.54, 1.807) is 6.07 Å². The second-order valence-corrected chi connectivity index (χ2v) is 9.30. The van der Waals surface area contributed by atoms with E-state index in [0.29, 0.717) is 48.9 Å². The summed E-state index contributed by atoms with van der Waals surface area (Å²) in [6.45, 7) is 3.65. The molecule has 4 saturated heterocycles. The van der Waals surface area contributed by atoms with Crippen molar-refractivity contribution in [2.24, 2.45) is 11.8 Å². The molecule has 0 unspecified atom stereocenters. The Bertz CT molecular complexity index is 802. The van der Waals surface area contributed by atoms with Crippen LogP contribution in [0.15, 0.2) is 23.0 Å². The van der Waals surface area contributed by atoms with Crippen molar-refractivity contribution in [2.75, 3.05) is 32.7 Å². The number of furan rings is 1. The number of fused-ring (bicyclic) bond motifs is 4. The quantitative estimate of drug-likeness (QED) is 0.801. The van der Waals surface area contributed by atoms with E-state index in [1.165, 1.54) is 12.5 Å². The number of likely N-dealkylation sites (tertiary alicyclic amines) is 2. The topological polar surface area (TPSA) is 86.1 Å². The van der Waals surface area contributed by atoms with Gasteiger partial charge in [0.15, 0.2) is 0 Å². The summed E-state index contributed by atoms with van der Waals surface area (Å²) in [7, 11) is 0. The molecular formula is C22H30N4O4. The summed E-state index contributed by atoms with van der Waals surface area (Å²) in [5.41, 5.74) is 0.531. The molecule has 4 fully saturated rings. The maximum atomic E-state index is 13.2. The molecule has 8 nitrogen and oxygen atoms in total. The highest BCUT2D eigenvalue weighted by molar-refractivity contribution is 5.94. The zero-order chi connectivity index (χ0) is 20.7. The first-order valence-electron chi connectivity index (χ1n) is 11.2. The number of nitrogens with zero attached hydrogens (tertiary/aromatic N) is 3. The number of nitrogens with one attached hydrogen (secondary N) is 1. The van der Waals surface area contributed by atoms with Gasteiger partial charge < -0.3 is 24.4 Å². The molecule has 5 rings (SSSR count). The lowest BCUT2D eigenvalue weighted by atomic mass is 9.76. The van der Waals surface area contributed by atoms with Gasteiger partial charge in [-0.3, -0.25) is 9.59 Å². The van der Waals surface area contributed by atoms with Crippen LogP contribution in [-0.4, -0.2) is 77.4 Å². The van der Waals surface area contributed by atoms with Crippen LogP contribution in [0.3, 0.4) is 0 Å². The monoisotopic (exact) mass is 414 g/mol. The summed E-state index contributed by atoms with van der Waals surface area (Å²) in [5.74, 6) is 1.000. The van der Waals surface area contributed by atoms with Gasteiger partial charge in [0.2, 0.25) is 5.91 Å². The van der Waals surface area contributed by atoms with Crippen molar-refractivity contribution in [1.29, 1.82) is 0 Å². The molecule has 4 aliphatic heterocycles. The third-order valence-corrected chi connectivity index (χ3v) is 7.33. The molecule has 3 atom stereocenters. The smallest absolute Gasteiger partial charge is 0.320 e. The van der Waals surface area contributed by atoms with E-state index in [9.17, 15) is 14.4 Å². The van der Waals surface area contributed by atoms with Crippen molar-refractivity contribution < 1.29 is 18.8 Å². The van der Waals surface area contributed by atoms with Gasteiger partial charge in [0.25, 0.3) is 5.91 Å². The Labute approximate surface area is 176 Å². The Morgan fingerprint density at radius 1 is 1.07 bits per heavy atom. The molecule has 162 valence electrons. The lowest BCUT2D eigenvalue weighted by molar-refractivity contribution is -0.144. The van der Waals surface area contributed by atoms with Crippen LogP contribution in [0.4, 0.5) is 4.79 Å². The lowest BCUT2D eigenvalue weighted by Gasteiger charge is -2.53. The first kappa shape index (κ1) is 19.5. The number of amides is 4. The molecular weight excluding hydrogens is 384 g/mol. The first-order chi connectivity index (χ1) is 14.6. The molecule has 0 aromatic carbocycles. The van der Waals surface area contributed by atoms with Crippen LogP contribution in [-0.2, 0) is 4.79 Å². The predicted octanol–water partition coefficient (Wildman–Crippen LogP) is 1.93. The van der Waals surface area contributed by atoms with Gasteiger partial charge in [0.05, 0.1) is 11.8 Å². The number of urea groups is 1. The normalized spacial score (nSPS) is 29.5. The van der Waals surface area contributed by atoms with E-state index in [0.717, 1.165) is 51.7 Å². The van der Waals surface area contributed by atoms with Gasteiger partial charge in [-0.25, -0.2) is 4.79 Å². The highest BCUT2D eigenvalue weighted by Gasteiger charge is 2.45. The SMILES string of the molecule is O=C(NC1CCN(C(=O)N2C[C@H]3C[C@H](C2)[C@H]2CCCC(=O)N2C3)CC1)c1ccoc1. The molecule has 8 heteroatoms. The number of rotatable bonds is 2. The van der Waals surface area contributed by atoms with E-state index < -0.39 is 0 Å². The lowest BCUT2D eigenvalue weighted by Crippen LogP contribution is -2.62. The molecule has 0 saturated carbocycles. The maximum absolute atomic E-state index is 13.2. The zero-order valence-electron chi connectivity index (χ0n) is 17.3. The first-order valence-corrected chi connectivity index (χ1v) is 11.2. The highest BCUT2D eigenvalue weighted by Crippen LogP contribution is 2.38. The fourth-order valence-electron chi connectivity index (χ4n) is 5.84. The zero-order valence-corrected chi connectivity index (χ0v) is 17.3. The molecule has 1 N–H and O–H groups in total. The van der Waals surface area contributed by atoms with Crippen molar-refractivity contribution in [3.05, 3.63) is 24.2 Å². The number of carbonyl (C=O) groups is 3. The van der Waals surface area contributed by atoms with Crippen LogP contribution in [0.5, 0.6) is 0 Å². The average molecular weight is 415 g/mol. The Kier molecular flexibility index (Phi) is 5.16. The molecule has 0 radical (unpaired) electrons. The van der Waals surface area contributed by atoms with Crippen LogP contribution >= 0.6 is 0 Å². The van der Waals surface area contributed by atoms with Crippen molar-refractivity contribution in [1.82, 2.24) is 20.0 Å². The predicted molar refractivity (Wildman–Crippen MR) is 109 cm³/mol. The van der Waals surface area contributed by atoms with Gasteiger partial charge >= 0.3 is 6.03 Å². The van der Waals surface area contributed by atoms with E-state index in [-0.39, 0.29) is 18.0 Å². The minimum absolute atomic E-state index is 0.0824. The Hall–Kier alpha value is -2.51. The van der Waals surface area contributed by atoms with Crippen LogP contribution in [0.25, 0.3) is 0 Å². The van der Waals surface area contributed by atoms with Gasteiger partial charge in [-0.15, -0.1) is 0 Å². The third kappa shape index (κ3) is 3.68. The molecule has 5 heterocycles. The fraction of sp³-hybridized carbons (Fsp3) is 0.682. The van der Waals surface area contributed by atoms with Crippen LogP contribution in [0.2, 0.25) is 0 Å². The summed E-state index contributed by atoms with van der Waals surface area (Å²) in [6.07, 6.45) is 8.35. The summed E-state index contributed by atoms with van der Waals surface area (Å²) < 4.78 is 4.97. The molecule has 0 spiro atoms. The van der Waals surface area contributed by atoms with Crippen molar-refractivity contribution in [2.45, 2.75) is 50.6 Å². The Morgan fingerprint density at radius 3 is 2.67 bits per heavy atom.